The molecule has 0 saturated carbocycles. The molecular formula is C10H22N2O. The van der Waals surface area contributed by atoms with E-state index < -0.39 is 0 Å². The standard InChI is InChI=1S/C10H22N2O/c1-4-5-9(11-3)6-12-7-10(13)8(12)2/h8-11,13H,4-7H2,1-3H3/t8-,9+,10-/m1/s1. The van der Waals surface area contributed by atoms with Gasteiger partial charge in [-0.25, -0.2) is 0 Å². The average molecular weight is 186 g/mol. The Kier molecular flexibility index (Phi) is 4.16. The average Bonchev–Trinajstić information content (AvgIpc) is 2.15. The Morgan fingerprint density at radius 2 is 2.31 bits per heavy atom. The molecule has 3 heteroatoms. The van der Waals surface area contributed by atoms with Gasteiger partial charge in [0.2, 0.25) is 0 Å². The van der Waals surface area contributed by atoms with Crippen LogP contribution in [0.25, 0.3) is 0 Å². The second kappa shape index (κ2) is 4.94. The molecular weight excluding hydrogens is 164 g/mol. The number of hydrogen-bond acceptors (Lipinski definition) is 3. The first-order chi connectivity index (χ1) is 6.19. The van der Waals surface area contributed by atoms with Crippen LogP contribution in [0, 0.1) is 0 Å². The van der Waals surface area contributed by atoms with E-state index in [9.17, 15) is 5.11 Å². The molecule has 0 aromatic carbocycles. The summed E-state index contributed by atoms with van der Waals surface area (Å²) >= 11 is 0. The van der Waals surface area contributed by atoms with Crippen molar-refractivity contribution >= 4 is 0 Å². The van der Waals surface area contributed by atoms with E-state index in [-0.39, 0.29) is 6.10 Å². The Morgan fingerprint density at radius 3 is 2.69 bits per heavy atom. The highest BCUT2D eigenvalue weighted by atomic mass is 16.3. The van der Waals surface area contributed by atoms with Crippen molar-refractivity contribution in [2.24, 2.45) is 0 Å². The van der Waals surface area contributed by atoms with Crippen LogP contribution < -0.4 is 5.32 Å². The van der Waals surface area contributed by atoms with E-state index in [2.05, 4.69) is 24.1 Å². The molecule has 1 aliphatic rings. The molecule has 0 aliphatic carbocycles. The van der Waals surface area contributed by atoms with Gasteiger partial charge in [0.25, 0.3) is 0 Å². The van der Waals surface area contributed by atoms with Crippen LogP contribution in [-0.4, -0.2) is 48.3 Å². The minimum atomic E-state index is -0.0980. The zero-order chi connectivity index (χ0) is 9.84. The summed E-state index contributed by atoms with van der Waals surface area (Å²) in [5.74, 6) is 0. The molecule has 1 saturated heterocycles. The Morgan fingerprint density at radius 1 is 1.62 bits per heavy atom. The number of nitrogens with one attached hydrogen (secondary N) is 1. The first-order valence-electron chi connectivity index (χ1n) is 5.28. The van der Waals surface area contributed by atoms with Crippen molar-refractivity contribution in [1.82, 2.24) is 10.2 Å². The summed E-state index contributed by atoms with van der Waals surface area (Å²) in [5.41, 5.74) is 0. The number of aliphatic hydroxyl groups is 1. The lowest BCUT2D eigenvalue weighted by Gasteiger charge is -2.45. The maximum atomic E-state index is 9.34. The SMILES string of the molecule is CCC[C@@H](CN1C[C@@H](O)[C@H]1C)NC. The molecule has 1 rings (SSSR count). The van der Waals surface area contributed by atoms with E-state index in [4.69, 9.17) is 0 Å². The first kappa shape index (κ1) is 11.0. The predicted octanol–water partition coefficient (Wildman–Crippen LogP) is 0.439. The van der Waals surface area contributed by atoms with Gasteiger partial charge < -0.3 is 10.4 Å². The van der Waals surface area contributed by atoms with Crippen LogP contribution in [0.4, 0.5) is 0 Å². The normalized spacial score (nSPS) is 31.4. The highest BCUT2D eigenvalue weighted by molar-refractivity contribution is 4.90. The smallest absolute Gasteiger partial charge is 0.0819 e. The van der Waals surface area contributed by atoms with E-state index in [0.717, 1.165) is 13.1 Å². The maximum absolute atomic E-state index is 9.34. The molecule has 3 atom stereocenters. The molecule has 0 bridgehead atoms. The molecule has 0 unspecified atom stereocenters. The molecule has 0 aromatic rings. The second-order valence-electron chi connectivity index (χ2n) is 4.04. The summed E-state index contributed by atoms with van der Waals surface area (Å²) in [7, 11) is 2.02. The molecule has 1 fully saturated rings. The summed E-state index contributed by atoms with van der Waals surface area (Å²) < 4.78 is 0. The Labute approximate surface area is 81.1 Å². The number of nitrogens with zero attached hydrogens (tertiary/aromatic N) is 1. The molecule has 0 amide bonds. The van der Waals surface area contributed by atoms with E-state index in [1.807, 2.05) is 7.05 Å². The monoisotopic (exact) mass is 186 g/mol. The summed E-state index contributed by atoms with van der Waals surface area (Å²) in [6, 6.07) is 0.938. The summed E-state index contributed by atoms with van der Waals surface area (Å²) in [4.78, 5) is 2.33. The molecule has 0 radical (unpaired) electrons. The maximum Gasteiger partial charge on any atom is 0.0819 e. The van der Waals surface area contributed by atoms with E-state index >= 15 is 0 Å². The molecule has 2 N–H and O–H groups in total. The fourth-order valence-corrected chi connectivity index (χ4v) is 1.86. The molecule has 13 heavy (non-hydrogen) atoms. The van der Waals surface area contributed by atoms with Gasteiger partial charge in [-0.2, -0.15) is 0 Å². The Bertz CT molecular complexity index is 150. The van der Waals surface area contributed by atoms with Crippen LogP contribution in [0.1, 0.15) is 26.7 Å². The fraction of sp³-hybridized carbons (Fsp3) is 1.00. The van der Waals surface area contributed by atoms with Crippen molar-refractivity contribution in [3.8, 4) is 0 Å². The zero-order valence-electron chi connectivity index (χ0n) is 8.95. The fourth-order valence-electron chi connectivity index (χ4n) is 1.86. The van der Waals surface area contributed by atoms with Gasteiger partial charge in [0.15, 0.2) is 0 Å². The lowest BCUT2D eigenvalue weighted by molar-refractivity contribution is -0.0561. The van der Waals surface area contributed by atoms with Gasteiger partial charge >= 0.3 is 0 Å². The second-order valence-corrected chi connectivity index (χ2v) is 4.04. The topological polar surface area (TPSA) is 35.5 Å². The third-order valence-corrected chi connectivity index (χ3v) is 3.05. The van der Waals surface area contributed by atoms with Crippen LogP contribution >= 0.6 is 0 Å². The minimum absolute atomic E-state index is 0.0980. The van der Waals surface area contributed by atoms with E-state index in [1.165, 1.54) is 12.8 Å². The van der Waals surface area contributed by atoms with Gasteiger partial charge in [-0.15, -0.1) is 0 Å². The molecule has 0 aromatic heterocycles. The quantitative estimate of drug-likeness (QED) is 0.654. The Hall–Kier alpha value is -0.120. The van der Waals surface area contributed by atoms with Gasteiger partial charge in [-0.05, 0) is 20.4 Å². The van der Waals surface area contributed by atoms with Gasteiger partial charge in [-0.1, -0.05) is 13.3 Å². The van der Waals surface area contributed by atoms with E-state index in [1.54, 1.807) is 0 Å². The van der Waals surface area contributed by atoms with Gasteiger partial charge in [0, 0.05) is 25.2 Å². The van der Waals surface area contributed by atoms with Crippen molar-refractivity contribution in [3.63, 3.8) is 0 Å². The lowest BCUT2D eigenvalue weighted by Crippen LogP contribution is -2.61. The largest absolute Gasteiger partial charge is 0.390 e. The van der Waals surface area contributed by atoms with Crippen LogP contribution in [0.15, 0.2) is 0 Å². The number of likely N-dealkylation sites (N-methyl/N-ethyl adjacent to an activating group) is 1. The summed E-state index contributed by atoms with van der Waals surface area (Å²) in [6.07, 6.45) is 2.34. The van der Waals surface area contributed by atoms with Crippen molar-refractivity contribution in [3.05, 3.63) is 0 Å². The minimum Gasteiger partial charge on any atom is -0.390 e. The Balaban J connectivity index is 2.23. The lowest BCUT2D eigenvalue weighted by atomic mass is 9.99. The van der Waals surface area contributed by atoms with Gasteiger partial charge in [0.1, 0.15) is 0 Å². The number of rotatable bonds is 5. The van der Waals surface area contributed by atoms with Crippen molar-refractivity contribution < 1.29 is 5.11 Å². The number of aliphatic hydroxyl groups excluding tert-OH is 1. The van der Waals surface area contributed by atoms with Crippen LogP contribution in [-0.2, 0) is 0 Å². The molecule has 0 spiro atoms. The number of likely N-dealkylation sites (tertiary alicyclic amines) is 1. The molecule has 3 nitrogen and oxygen atoms in total. The highest BCUT2D eigenvalue weighted by Crippen LogP contribution is 2.18. The number of hydrogen-bond donors (Lipinski definition) is 2. The summed E-state index contributed by atoms with van der Waals surface area (Å²) in [5, 5.41) is 12.7. The third kappa shape index (κ3) is 2.66. The van der Waals surface area contributed by atoms with Crippen molar-refractivity contribution in [2.45, 2.75) is 44.9 Å². The van der Waals surface area contributed by atoms with E-state index in [0.29, 0.717) is 12.1 Å². The molecule has 1 aliphatic heterocycles. The summed E-state index contributed by atoms with van der Waals surface area (Å²) in [6.45, 7) is 6.22. The van der Waals surface area contributed by atoms with Crippen LogP contribution in [0.3, 0.4) is 0 Å². The number of β-amino-alcohol motifs (C(OH)–C–C–N with tert-alkyl or cyclic N) is 1. The molecule has 78 valence electrons. The van der Waals surface area contributed by atoms with Crippen LogP contribution in [0.2, 0.25) is 0 Å². The zero-order valence-corrected chi connectivity index (χ0v) is 8.95. The van der Waals surface area contributed by atoms with Crippen molar-refractivity contribution in [1.29, 1.82) is 0 Å². The third-order valence-electron chi connectivity index (χ3n) is 3.05. The first-order valence-corrected chi connectivity index (χ1v) is 5.28. The molecule has 1 heterocycles. The van der Waals surface area contributed by atoms with Gasteiger partial charge in [0.05, 0.1) is 6.10 Å². The highest BCUT2D eigenvalue weighted by Gasteiger charge is 2.34. The van der Waals surface area contributed by atoms with Crippen LogP contribution in [0.5, 0.6) is 0 Å². The predicted molar refractivity (Wildman–Crippen MR) is 54.8 cm³/mol. The van der Waals surface area contributed by atoms with Gasteiger partial charge in [-0.3, -0.25) is 4.90 Å². The van der Waals surface area contributed by atoms with Crippen molar-refractivity contribution in [2.75, 3.05) is 20.1 Å².